The first-order valence-electron chi connectivity index (χ1n) is 9.29. The number of nitrogens with zero attached hydrogens (tertiary/aromatic N) is 1. The Morgan fingerprint density at radius 1 is 1.27 bits per heavy atom. The maximum Gasteiger partial charge on any atom is 0.261 e. The van der Waals surface area contributed by atoms with Crippen molar-refractivity contribution in [2.24, 2.45) is 11.8 Å². The Balaban J connectivity index is 1.60. The molecule has 4 atom stereocenters. The molecule has 0 aliphatic heterocycles. The number of anilines is 1. The SMILES string of the molecule is CC[C@@H](Oc1ccc(N(C)S(C)(=O)=O)cc1)C(=O)N[C@@H]1C[C@@H]2CC[C@@H]1C2. The summed E-state index contributed by atoms with van der Waals surface area (Å²) in [6.45, 7) is 1.93. The van der Waals surface area contributed by atoms with E-state index in [2.05, 4.69) is 5.32 Å². The maximum absolute atomic E-state index is 12.6. The minimum absolute atomic E-state index is 0.0534. The molecular weight excluding hydrogens is 352 g/mol. The number of carbonyl (C=O) groups excluding carboxylic acids is 1. The fourth-order valence-electron chi connectivity index (χ4n) is 4.11. The lowest BCUT2D eigenvalue weighted by Gasteiger charge is -2.26. The van der Waals surface area contributed by atoms with Gasteiger partial charge < -0.3 is 10.1 Å². The van der Waals surface area contributed by atoms with Crippen LogP contribution in [0.1, 0.15) is 39.0 Å². The van der Waals surface area contributed by atoms with Gasteiger partial charge in [-0.05, 0) is 61.8 Å². The number of hydrogen-bond acceptors (Lipinski definition) is 4. The Morgan fingerprint density at radius 3 is 2.46 bits per heavy atom. The van der Waals surface area contributed by atoms with Crippen LogP contribution in [-0.2, 0) is 14.8 Å². The van der Waals surface area contributed by atoms with E-state index >= 15 is 0 Å². The molecular formula is C19H28N2O4S. The highest BCUT2D eigenvalue weighted by Gasteiger charge is 2.40. The van der Waals surface area contributed by atoms with Gasteiger partial charge in [0.15, 0.2) is 6.10 Å². The first-order chi connectivity index (χ1) is 12.3. The molecule has 2 aliphatic rings. The molecule has 0 unspecified atom stereocenters. The molecule has 0 saturated heterocycles. The van der Waals surface area contributed by atoms with E-state index in [1.165, 1.54) is 30.6 Å². The second kappa shape index (κ2) is 7.47. The van der Waals surface area contributed by atoms with E-state index < -0.39 is 16.1 Å². The van der Waals surface area contributed by atoms with Gasteiger partial charge in [-0.25, -0.2) is 8.42 Å². The van der Waals surface area contributed by atoms with E-state index in [4.69, 9.17) is 4.74 Å². The minimum atomic E-state index is -3.30. The van der Waals surface area contributed by atoms with Gasteiger partial charge in [-0.2, -0.15) is 0 Å². The fourth-order valence-corrected chi connectivity index (χ4v) is 4.61. The largest absolute Gasteiger partial charge is 0.481 e. The van der Waals surface area contributed by atoms with Crippen LogP contribution in [0, 0.1) is 11.8 Å². The topological polar surface area (TPSA) is 75.7 Å². The zero-order valence-corrected chi connectivity index (χ0v) is 16.5. The molecule has 6 nitrogen and oxygen atoms in total. The second-order valence-electron chi connectivity index (χ2n) is 7.53. The zero-order chi connectivity index (χ0) is 18.9. The molecule has 1 aromatic carbocycles. The number of benzene rings is 1. The van der Waals surface area contributed by atoms with Crippen LogP contribution in [0.15, 0.2) is 24.3 Å². The molecule has 2 fully saturated rings. The van der Waals surface area contributed by atoms with Gasteiger partial charge in [0.1, 0.15) is 5.75 Å². The standard InChI is InChI=1S/C19H28N2O4S/c1-4-18(19(22)20-17-12-13-5-6-14(17)11-13)25-16-9-7-15(8-10-16)21(2)26(3,23)24/h7-10,13-14,17-18H,4-6,11-12H2,1-3H3,(H,20,22)/t13-,14-,17-,18-/m1/s1. The Kier molecular flexibility index (Phi) is 5.46. The van der Waals surface area contributed by atoms with E-state index in [1.807, 2.05) is 6.92 Å². The normalized spacial score (nSPS) is 25.7. The van der Waals surface area contributed by atoms with Gasteiger partial charge in [0.2, 0.25) is 10.0 Å². The van der Waals surface area contributed by atoms with E-state index in [-0.39, 0.29) is 5.91 Å². The molecule has 2 saturated carbocycles. The molecule has 1 N–H and O–H groups in total. The summed E-state index contributed by atoms with van der Waals surface area (Å²) in [5.74, 6) is 1.92. The van der Waals surface area contributed by atoms with E-state index in [9.17, 15) is 13.2 Å². The second-order valence-corrected chi connectivity index (χ2v) is 9.54. The fraction of sp³-hybridized carbons (Fsp3) is 0.632. The number of fused-ring (bicyclic) bond motifs is 2. The van der Waals surface area contributed by atoms with Crippen LogP contribution in [0.4, 0.5) is 5.69 Å². The lowest BCUT2D eigenvalue weighted by Crippen LogP contribution is -2.45. The number of sulfonamides is 1. The van der Waals surface area contributed by atoms with Gasteiger partial charge in [-0.1, -0.05) is 13.3 Å². The third kappa shape index (κ3) is 4.14. The van der Waals surface area contributed by atoms with Crippen molar-refractivity contribution in [3.05, 3.63) is 24.3 Å². The Morgan fingerprint density at radius 2 is 1.96 bits per heavy atom. The van der Waals surface area contributed by atoms with Crippen LogP contribution in [0.5, 0.6) is 5.75 Å². The predicted molar refractivity (Wildman–Crippen MR) is 102 cm³/mol. The lowest BCUT2D eigenvalue weighted by atomic mass is 9.95. The van der Waals surface area contributed by atoms with Crippen molar-refractivity contribution in [1.29, 1.82) is 0 Å². The highest BCUT2D eigenvalue weighted by Crippen LogP contribution is 2.44. The Bertz CT molecular complexity index is 747. The highest BCUT2D eigenvalue weighted by atomic mass is 32.2. The molecule has 1 aromatic rings. The number of hydrogen-bond donors (Lipinski definition) is 1. The number of carbonyl (C=O) groups is 1. The smallest absolute Gasteiger partial charge is 0.261 e. The van der Waals surface area contributed by atoms with E-state index in [1.54, 1.807) is 24.3 Å². The van der Waals surface area contributed by atoms with E-state index in [0.29, 0.717) is 29.8 Å². The first-order valence-corrected chi connectivity index (χ1v) is 11.1. The van der Waals surface area contributed by atoms with Crippen LogP contribution in [0.3, 0.4) is 0 Å². The summed E-state index contributed by atoms with van der Waals surface area (Å²) < 4.78 is 30.2. The van der Waals surface area contributed by atoms with Crippen LogP contribution < -0.4 is 14.4 Å². The summed E-state index contributed by atoms with van der Waals surface area (Å²) in [5, 5.41) is 3.18. The summed E-state index contributed by atoms with van der Waals surface area (Å²) in [5.41, 5.74) is 0.555. The Labute approximate surface area is 156 Å². The molecule has 2 aliphatic carbocycles. The molecule has 0 aromatic heterocycles. The summed E-state index contributed by atoms with van der Waals surface area (Å²) >= 11 is 0. The Hall–Kier alpha value is -1.76. The third-order valence-electron chi connectivity index (χ3n) is 5.71. The van der Waals surface area contributed by atoms with Gasteiger partial charge in [-0.3, -0.25) is 9.10 Å². The van der Waals surface area contributed by atoms with Crippen LogP contribution in [0.25, 0.3) is 0 Å². The predicted octanol–water partition coefficient (Wildman–Crippen LogP) is 2.54. The van der Waals surface area contributed by atoms with Crippen molar-refractivity contribution in [1.82, 2.24) is 5.32 Å². The molecule has 144 valence electrons. The van der Waals surface area contributed by atoms with Crippen LogP contribution in [0.2, 0.25) is 0 Å². The molecule has 2 bridgehead atoms. The monoisotopic (exact) mass is 380 g/mol. The minimum Gasteiger partial charge on any atom is -0.481 e. The van der Waals surface area contributed by atoms with Crippen molar-refractivity contribution in [3.8, 4) is 5.75 Å². The number of amides is 1. The first kappa shape index (κ1) is 19.0. The summed E-state index contributed by atoms with van der Waals surface area (Å²) in [6.07, 6.45) is 6.08. The quantitative estimate of drug-likeness (QED) is 0.789. The van der Waals surface area contributed by atoms with Gasteiger partial charge in [0.25, 0.3) is 5.91 Å². The van der Waals surface area contributed by atoms with Crippen molar-refractivity contribution >= 4 is 21.6 Å². The van der Waals surface area contributed by atoms with Gasteiger partial charge >= 0.3 is 0 Å². The van der Waals surface area contributed by atoms with E-state index in [0.717, 1.165) is 18.6 Å². The lowest BCUT2D eigenvalue weighted by molar-refractivity contribution is -0.129. The zero-order valence-electron chi connectivity index (χ0n) is 15.6. The molecule has 0 spiro atoms. The maximum atomic E-state index is 12.6. The van der Waals surface area contributed by atoms with Crippen molar-refractivity contribution in [3.63, 3.8) is 0 Å². The average molecular weight is 381 g/mol. The van der Waals surface area contributed by atoms with Crippen LogP contribution >= 0.6 is 0 Å². The molecule has 26 heavy (non-hydrogen) atoms. The van der Waals surface area contributed by atoms with Crippen LogP contribution in [-0.4, -0.2) is 39.8 Å². The third-order valence-corrected chi connectivity index (χ3v) is 6.91. The molecule has 3 rings (SSSR count). The molecule has 1 amide bonds. The van der Waals surface area contributed by atoms with Gasteiger partial charge in [-0.15, -0.1) is 0 Å². The average Bonchev–Trinajstić information content (AvgIpc) is 3.21. The van der Waals surface area contributed by atoms with Gasteiger partial charge in [0, 0.05) is 13.1 Å². The molecule has 0 heterocycles. The number of ether oxygens (including phenoxy) is 1. The summed E-state index contributed by atoms with van der Waals surface area (Å²) in [6, 6.07) is 7.05. The van der Waals surface area contributed by atoms with Crippen molar-refractivity contribution in [2.75, 3.05) is 17.6 Å². The number of rotatable bonds is 7. The van der Waals surface area contributed by atoms with Crippen molar-refractivity contribution < 1.29 is 17.9 Å². The molecule has 7 heteroatoms. The summed E-state index contributed by atoms with van der Waals surface area (Å²) in [7, 11) is -1.80. The van der Waals surface area contributed by atoms with Gasteiger partial charge in [0.05, 0.1) is 11.9 Å². The summed E-state index contributed by atoms with van der Waals surface area (Å²) in [4.78, 5) is 12.6. The highest BCUT2D eigenvalue weighted by molar-refractivity contribution is 7.92. The van der Waals surface area contributed by atoms with Crippen molar-refractivity contribution in [2.45, 2.75) is 51.2 Å². The number of nitrogens with one attached hydrogen (secondary N) is 1. The molecule has 0 radical (unpaired) electrons.